The van der Waals surface area contributed by atoms with Crippen LogP contribution in [0.4, 0.5) is 0 Å². The number of fused-ring (bicyclic) bond motifs is 3. The molecule has 3 rings (SSSR count). The van der Waals surface area contributed by atoms with Gasteiger partial charge in [0.25, 0.3) is 0 Å². The third-order valence-corrected chi connectivity index (χ3v) is 4.29. The number of aromatic nitrogens is 1. The topological polar surface area (TPSA) is 70.9 Å². The zero-order valence-electron chi connectivity index (χ0n) is 11.1. The van der Waals surface area contributed by atoms with Crippen LogP contribution in [0.15, 0.2) is 24.3 Å². The van der Waals surface area contributed by atoms with Gasteiger partial charge in [0, 0.05) is 16.6 Å². The first kappa shape index (κ1) is 12.2. The molecule has 1 aliphatic rings. The van der Waals surface area contributed by atoms with Crippen LogP contribution in [-0.2, 0) is 4.79 Å². The van der Waals surface area contributed by atoms with Crippen molar-refractivity contribution in [3.05, 3.63) is 35.5 Å². The second-order valence-corrected chi connectivity index (χ2v) is 5.24. The van der Waals surface area contributed by atoms with Crippen LogP contribution in [0.25, 0.3) is 10.9 Å². The Morgan fingerprint density at radius 3 is 2.95 bits per heavy atom. The van der Waals surface area contributed by atoms with Gasteiger partial charge < -0.3 is 4.98 Å². The number of nitrogens with one attached hydrogen (secondary N) is 2. The fraction of sp³-hybridized carbons (Fsp3) is 0.400. The molecule has 0 saturated carbocycles. The number of benzene rings is 1. The third kappa shape index (κ3) is 1.83. The minimum atomic E-state index is -0.126. The summed E-state index contributed by atoms with van der Waals surface area (Å²) in [4.78, 5) is 15.5. The first-order valence-electron chi connectivity index (χ1n) is 6.87. The minimum Gasteiger partial charge on any atom is -0.358 e. The van der Waals surface area contributed by atoms with E-state index >= 15 is 0 Å². The van der Waals surface area contributed by atoms with Crippen molar-refractivity contribution in [2.24, 2.45) is 5.84 Å². The van der Waals surface area contributed by atoms with E-state index < -0.39 is 0 Å². The maximum absolute atomic E-state index is 12.0. The number of rotatable bonds is 2. The summed E-state index contributed by atoms with van der Waals surface area (Å²) in [6.45, 7) is 2.20. The van der Waals surface area contributed by atoms with Crippen LogP contribution in [-0.4, -0.2) is 10.9 Å². The van der Waals surface area contributed by atoms with Crippen LogP contribution in [0.2, 0.25) is 0 Å². The van der Waals surface area contributed by atoms with Crippen LogP contribution in [0, 0.1) is 0 Å². The first-order valence-corrected chi connectivity index (χ1v) is 6.87. The van der Waals surface area contributed by atoms with Gasteiger partial charge in [-0.1, -0.05) is 25.1 Å². The summed E-state index contributed by atoms with van der Waals surface area (Å²) in [7, 11) is 0. The fourth-order valence-electron chi connectivity index (χ4n) is 3.31. The predicted molar refractivity (Wildman–Crippen MR) is 75.6 cm³/mol. The number of carbonyl (C=O) groups excluding carboxylic acids is 1. The number of H-pyrrole nitrogens is 1. The van der Waals surface area contributed by atoms with Crippen LogP contribution >= 0.6 is 0 Å². The summed E-state index contributed by atoms with van der Waals surface area (Å²) >= 11 is 0. The van der Waals surface area contributed by atoms with Crippen LogP contribution in [0.1, 0.15) is 49.3 Å². The van der Waals surface area contributed by atoms with E-state index in [2.05, 4.69) is 29.5 Å². The molecule has 2 atom stereocenters. The zero-order chi connectivity index (χ0) is 13.4. The van der Waals surface area contributed by atoms with Gasteiger partial charge in [0.1, 0.15) is 0 Å². The Kier molecular flexibility index (Phi) is 3.03. The molecule has 4 nitrogen and oxygen atoms in total. The van der Waals surface area contributed by atoms with Crippen molar-refractivity contribution in [1.82, 2.24) is 10.4 Å². The number of hydrogen-bond acceptors (Lipinski definition) is 2. The van der Waals surface area contributed by atoms with Gasteiger partial charge in [0.2, 0.25) is 5.91 Å². The highest BCUT2D eigenvalue weighted by Crippen LogP contribution is 2.43. The number of hydrazine groups is 1. The molecule has 4 N–H and O–H groups in total. The largest absolute Gasteiger partial charge is 0.358 e. The maximum atomic E-state index is 12.0. The lowest BCUT2D eigenvalue weighted by molar-refractivity contribution is -0.123. The normalized spacial score (nSPS) is 22.2. The van der Waals surface area contributed by atoms with Crippen molar-refractivity contribution in [2.75, 3.05) is 0 Å². The zero-order valence-corrected chi connectivity index (χ0v) is 11.1. The molecular formula is C15H19N3O. The molecule has 1 aromatic heterocycles. The Balaban J connectivity index is 2.21. The Morgan fingerprint density at radius 2 is 2.21 bits per heavy atom. The number of carbonyl (C=O) groups is 1. The fourth-order valence-corrected chi connectivity index (χ4v) is 3.31. The molecule has 0 fully saturated rings. The van der Waals surface area contributed by atoms with Crippen molar-refractivity contribution in [2.45, 2.75) is 38.0 Å². The van der Waals surface area contributed by atoms with E-state index in [1.54, 1.807) is 0 Å². The molecule has 1 heterocycles. The lowest BCUT2D eigenvalue weighted by Gasteiger charge is -2.27. The number of nitrogens with two attached hydrogens (primary N) is 1. The molecule has 1 aliphatic carbocycles. The van der Waals surface area contributed by atoms with Crippen molar-refractivity contribution in [1.29, 1.82) is 0 Å². The molecule has 0 bridgehead atoms. The average molecular weight is 257 g/mol. The summed E-state index contributed by atoms with van der Waals surface area (Å²) in [6, 6.07) is 8.18. The summed E-state index contributed by atoms with van der Waals surface area (Å²) in [5.41, 5.74) is 5.80. The van der Waals surface area contributed by atoms with Gasteiger partial charge in [-0.15, -0.1) is 0 Å². The van der Waals surface area contributed by atoms with Crippen LogP contribution < -0.4 is 11.3 Å². The maximum Gasteiger partial charge on any atom is 0.241 e. The molecule has 0 spiro atoms. The highest BCUT2D eigenvalue weighted by atomic mass is 16.2. The summed E-state index contributed by atoms with van der Waals surface area (Å²) < 4.78 is 0. The van der Waals surface area contributed by atoms with Gasteiger partial charge in [0.15, 0.2) is 0 Å². The predicted octanol–water partition coefficient (Wildman–Crippen LogP) is 2.53. The quantitative estimate of drug-likeness (QED) is 0.439. The van der Waals surface area contributed by atoms with E-state index in [4.69, 9.17) is 5.84 Å². The van der Waals surface area contributed by atoms with Crippen molar-refractivity contribution in [3.63, 3.8) is 0 Å². The van der Waals surface area contributed by atoms with Gasteiger partial charge in [-0.25, -0.2) is 5.84 Å². The smallest absolute Gasteiger partial charge is 0.241 e. The van der Waals surface area contributed by atoms with Gasteiger partial charge in [0.05, 0.1) is 5.92 Å². The van der Waals surface area contributed by atoms with Gasteiger partial charge in [-0.05, 0) is 36.8 Å². The Labute approximate surface area is 112 Å². The van der Waals surface area contributed by atoms with Crippen molar-refractivity contribution in [3.8, 4) is 0 Å². The molecule has 2 aromatic rings. The molecule has 4 heteroatoms. The molecule has 0 radical (unpaired) electrons. The highest BCUT2D eigenvalue weighted by molar-refractivity contribution is 5.93. The Bertz CT molecular complexity index is 617. The van der Waals surface area contributed by atoms with E-state index in [0.717, 1.165) is 35.7 Å². The van der Waals surface area contributed by atoms with E-state index in [1.807, 2.05) is 12.1 Å². The molecule has 19 heavy (non-hydrogen) atoms. The van der Waals surface area contributed by atoms with Crippen LogP contribution in [0.3, 0.4) is 0 Å². The molecule has 0 aliphatic heterocycles. The van der Waals surface area contributed by atoms with Crippen LogP contribution in [0.5, 0.6) is 0 Å². The van der Waals surface area contributed by atoms with E-state index in [0.29, 0.717) is 5.92 Å². The Hall–Kier alpha value is -1.81. The first-order chi connectivity index (χ1) is 9.26. The summed E-state index contributed by atoms with van der Waals surface area (Å²) in [6.07, 6.45) is 3.00. The molecule has 1 amide bonds. The molecule has 100 valence electrons. The lowest BCUT2D eigenvalue weighted by atomic mass is 9.78. The molecule has 0 saturated heterocycles. The Morgan fingerprint density at radius 1 is 1.42 bits per heavy atom. The average Bonchev–Trinajstić information content (AvgIpc) is 2.85. The van der Waals surface area contributed by atoms with Crippen molar-refractivity contribution >= 4 is 16.8 Å². The van der Waals surface area contributed by atoms with E-state index in [9.17, 15) is 4.79 Å². The molecule has 2 unspecified atom stereocenters. The SMILES string of the molecule is CCC1CCC(C(=O)NN)c2c1[nH]c1ccccc21. The van der Waals surface area contributed by atoms with Gasteiger partial charge >= 0.3 is 0 Å². The summed E-state index contributed by atoms with van der Waals surface area (Å²) in [5.74, 6) is 5.64. The second kappa shape index (κ2) is 4.70. The number of amides is 1. The highest BCUT2D eigenvalue weighted by Gasteiger charge is 2.33. The number of aromatic amines is 1. The summed E-state index contributed by atoms with van der Waals surface area (Å²) in [5, 5.41) is 1.16. The standard InChI is InChI=1S/C15H19N3O/c1-2-9-7-8-11(15(19)18-16)13-10-5-3-4-6-12(10)17-14(9)13/h3-6,9,11,17H,2,7-8,16H2,1H3,(H,18,19). The lowest BCUT2D eigenvalue weighted by Crippen LogP contribution is -2.36. The molecular weight excluding hydrogens is 238 g/mol. The van der Waals surface area contributed by atoms with E-state index in [-0.39, 0.29) is 11.8 Å². The van der Waals surface area contributed by atoms with Crippen molar-refractivity contribution < 1.29 is 4.79 Å². The minimum absolute atomic E-state index is 0.0828. The third-order valence-electron chi connectivity index (χ3n) is 4.29. The number of para-hydroxylation sites is 1. The van der Waals surface area contributed by atoms with Gasteiger partial charge in [-0.2, -0.15) is 0 Å². The monoisotopic (exact) mass is 257 g/mol. The van der Waals surface area contributed by atoms with Gasteiger partial charge in [-0.3, -0.25) is 10.2 Å². The van der Waals surface area contributed by atoms with E-state index in [1.165, 1.54) is 5.69 Å². The second-order valence-electron chi connectivity index (χ2n) is 5.24. The molecule has 1 aromatic carbocycles. The number of hydrogen-bond donors (Lipinski definition) is 3.